The Hall–Kier alpha value is -1.14. The van der Waals surface area contributed by atoms with E-state index < -0.39 is 0 Å². The number of ether oxygens (including phenoxy) is 1. The predicted octanol–water partition coefficient (Wildman–Crippen LogP) is -0.698. The van der Waals surface area contributed by atoms with E-state index in [9.17, 15) is 9.59 Å². The van der Waals surface area contributed by atoms with Crippen LogP contribution in [0.15, 0.2) is 0 Å². The Morgan fingerprint density at radius 1 is 1.16 bits per heavy atom. The number of rotatable bonds is 2. The van der Waals surface area contributed by atoms with Crippen LogP contribution >= 0.6 is 0 Å². The fourth-order valence-corrected chi connectivity index (χ4v) is 2.46. The van der Waals surface area contributed by atoms with E-state index in [2.05, 4.69) is 5.32 Å². The van der Waals surface area contributed by atoms with Gasteiger partial charge in [-0.05, 0) is 0 Å². The lowest BCUT2D eigenvalue weighted by molar-refractivity contribution is -0.144. The van der Waals surface area contributed by atoms with Crippen molar-refractivity contribution < 1.29 is 14.3 Å². The zero-order chi connectivity index (χ0) is 13.8. The van der Waals surface area contributed by atoms with Gasteiger partial charge < -0.3 is 19.9 Å². The van der Waals surface area contributed by atoms with Crippen molar-refractivity contribution in [2.45, 2.75) is 19.9 Å². The van der Waals surface area contributed by atoms with E-state index >= 15 is 0 Å². The SMILES string of the molecule is CC(C)C(=O)N1CCN(C(=O)C2COCCN2)CC1. The molecule has 1 N–H and O–H groups in total. The lowest BCUT2D eigenvalue weighted by atomic mass is 10.1. The Balaban J connectivity index is 1.82. The fourth-order valence-electron chi connectivity index (χ4n) is 2.46. The zero-order valence-electron chi connectivity index (χ0n) is 11.7. The molecule has 2 aliphatic heterocycles. The number of hydrogen-bond acceptors (Lipinski definition) is 4. The molecule has 2 aliphatic rings. The summed E-state index contributed by atoms with van der Waals surface area (Å²) in [7, 11) is 0. The fraction of sp³-hybridized carbons (Fsp3) is 0.846. The van der Waals surface area contributed by atoms with Gasteiger partial charge in [-0.15, -0.1) is 0 Å². The summed E-state index contributed by atoms with van der Waals surface area (Å²) < 4.78 is 5.31. The zero-order valence-corrected chi connectivity index (χ0v) is 11.7. The largest absolute Gasteiger partial charge is 0.378 e. The maximum atomic E-state index is 12.2. The summed E-state index contributed by atoms with van der Waals surface area (Å²) >= 11 is 0. The molecule has 108 valence electrons. The van der Waals surface area contributed by atoms with E-state index in [1.807, 2.05) is 23.6 Å². The van der Waals surface area contributed by atoms with Gasteiger partial charge in [0.1, 0.15) is 6.04 Å². The Morgan fingerprint density at radius 2 is 1.79 bits per heavy atom. The highest BCUT2D eigenvalue weighted by Crippen LogP contribution is 2.09. The number of carbonyl (C=O) groups excluding carboxylic acids is 2. The van der Waals surface area contributed by atoms with Crippen LogP contribution in [0, 0.1) is 5.92 Å². The van der Waals surface area contributed by atoms with Gasteiger partial charge in [0.2, 0.25) is 11.8 Å². The predicted molar refractivity (Wildman–Crippen MR) is 70.6 cm³/mol. The topological polar surface area (TPSA) is 61.9 Å². The molecule has 1 unspecified atom stereocenters. The van der Waals surface area contributed by atoms with Crippen LogP contribution in [-0.2, 0) is 14.3 Å². The molecule has 0 aliphatic carbocycles. The van der Waals surface area contributed by atoms with Gasteiger partial charge in [-0.3, -0.25) is 9.59 Å². The highest BCUT2D eigenvalue weighted by Gasteiger charge is 2.30. The third kappa shape index (κ3) is 3.45. The average molecular weight is 269 g/mol. The Labute approximate surface area is 114 Å². The Morgan fingerprint density at radius 3 is 2.32 bits per heavy atom. The highest BCUT2D eigenvalue weighted by molar-refractivity contribution is 5.83. The van der Waals surface area contributed by atoms with Crippen LogP contribution in [0.3, 0.4) is 0 Å². The summed E-state index contributed by atoms with van der Waals surface area (Å²) in [4.78, 5) is 27.8. The molecular formula is C13H23N3O3. The van der Waals surface area contributed by atoms with Crippen LogP contribution in [0.5, 0.6) is 0 Å². The maximum absolute atomic E-state index is 12.2. The number of piperazine rings is 1. The molecule has 2 heterocycles. The van der Waals surface area contributed by atoms with Crippen LogP contribution in [0.1, 0.15) is 13.8 Å². The van der Waals surface area contributed by atoms with Crippen LogP contribution in [0.2, 0.25) is 0 Å². The summed E-state index contributed by atoms with van der Waals surface area (Å²) in [6.07, 6.45) is 0. The number of nitrogens with one attached hydrogen (secondary N) is 1. The molecular weight excluding hydrogens is 246 g/mol. The van der Waals surface area contributed by atoms with Crippen molar-refractivity contribution in [1.82, 2.24) is 15.1 Å². The highest BCUT2D eigenvalue weighted by atomic mass is 16.5. The van der Waals surface area contributed by atoms with Crippen molar-refractivity contribution in [3.05, 3.63) is 0 Å². The molecule has 0 bridgehead atoms. The van der Waals surface area contributed by atoms with Gasteiger partial charge in [0.05, 0.1) is 13.2 Å². The van der Waals surface area contributed by atoms with Gasteiger partial charge in [-0.2, -0.15) is 0 Å². The van der Waals surface area contributed by atoms with Gasteiger partial charge in [-0.25, -0.2) is 0 Å². The molecule has 1 atom stereocenters. The maximum Gasteiger partial charge on any atom is 0.242 e. The first-order valence-corrected chi connectivity index (χ1v) is 6.98. The summed E-state index contributed by atoms with van der Waals surface area (Å²) in [5.74, 6) is 0.290. The Bertz CT molecular complexity index is 332. The van der Waals surface area contributed by atoms with Gasteiger partial charge in [0.25, 0.3) is 0 Å². The van der Waals surface area contributed by atoms with E-state index in [1.54, 1.807) is 0 Å². The molecule has 2 amide bonds. The number of amides is 2. The van der Waals surface area contributed by atoms with Gasteiger partial charge in [-0.1, -0.05) is 13.8 Å². The van der Waals surface area contributed by atoms with Gasteiger partial charge >= 0.3 is 0 Å². The molecule has 0 radical (unpaired) electrons. The molecule has 6 nitrogen and oxygen atoms in total. The summed E-state index contributed by atoms with van der Waals surface area (Å²) in [5, 5.41) is 3.17. The van der Waals surface area contributed by atoms with Gasteiger partial charge in [0.15, 0.2) is 0 Å². The third-order valence-electron chi connectivity index (χ3n) is 3.62. The molecule has 0 aromatic carbocycles. The molecule has 0 saturated carbocycles. The molecule has 0 spiro atoms. The second-order valence-electron chi connectivity index (χ2n) is 5.39. The molecule has 2 saturated heterocycles. The number of hydrogen-bond donors (Lipinski definition) is 1. The average Bonchev–Trinajstić information content (AvgIpc) is 2.46. The third-order valence-corrected chi connectivity index (χ3v) is 3.62. The first-order chi connectivity index (χ1) is 9.09. The summed E-state index contributed by atoms with van der Waals surface area (Å²) in [6.45, 7) is 8.16. The van der Waals surface area contributed by atoms with Crippen molar-refractivity contribution in [2.24, 2.45) is 5.92 Å². The first kappa shape index (κ1) is 14.3. The minimum absolute atomic E-state index is 0.0238. The Kier molecular flexibility index (Phi) is 4.76. The molecule has 2 fully saturated rings. The van der Waals surface area contributed by atoms with Crippen LogP contribution in [0.25, 0.3) is 0 Å². The second-order valence-corrected chi connectivity index (χ2v) is 5.39. The van der Waals surface area contributed by atoms with Crippen LogP contribution in [0.4, 0.5) is 0 Å². The molecule has 0 aromatic rings. The van der Waals surface area contributed by atoms with Crippen molar-refractivity contribution in [3.63, 3.8) is 0 Å². The number of carbonyl (C=O) groups is 2. The molecule has 2 rings (SSSR count). The normalized spacial score (nSPS) is 24.7. The van der Waals surface area contributed by atoms with Crippen LogP contribution in [-0.4, -0.2) is 73.6 Å². The monoisotopic (exact) mass is 269 g/mol. The molecule has 0 aromatic heterocycles. The number of nitrogens with zero attached hydrogens (tertiary/aromatic N) is 2. The summed E-state index contributed by atoms with van der Waals surface area (Å²) in [6, 6.07) is -0.221. The lowest BCUT2D eigenvalue weighted by Crippen LogP contribution is -2.58. The van der Waals surface area contributed by atoms with E-state index in [0.717, 1.165) is 6.54 Å². The van der Waals surface area contributed by atoms with E-state index in [-0.39, 0.29) is 23.8 Å². The quantitative estimate of drug-likeness (QED) is 0.720. The van der Waals surface area contributed by atoms with Crippen molar-refractivity contribution >= 4 is 11.8 Å². The minimum atomic E-state index is -0.221. The first-order valence-electron chi connectivity index (χ1n) is 6.98. The van der Waals surface area contributed by atoms with Crippen molar-refractivity contribution in [2.75, 3.05) is 45.9 Å². The van der Waals surface area contributed by atoms with E-state index in [0.29, 0.717) is 39.4 Å². The van der Waals surface area contributed by atoms with E-state index in [4.69, 9.17) is 4.74 Å². The van der Waals surface area contributed by atoms with Crippen LogP contribution < -0.4 is 5.32 Å². The second kappa shape index (κ2) is 6.34. The van der Waals surface area contributed by atoms with Crippen molar-refractivity contribution in [3.8, 4) is 0 Å². The lowest BCUT2D eigenvalue weighted by Gasteiger charge is -2.37. The standard InChI is InChI=1S/C13H23N3O3/c1-10(2)12(17)15-4-6-16(7-5-15)13(18)11-9-19-8-3-14-11/h10-11,14H,3-9H2,1-2H3. The minimum Gasteiger partial charge on any atom is -0.378 e. The molecule has 6 heteroatoms. The van der Waals surface area contributed by atoms with Gasteiger partial charge in [0, 0.05) is 38.6 Å². The van der Waals surface area contributed by atoms with Crippen molar-refractivity contribution in [1.29, 1.82) is 0 Å². The smallest absolute Gasteiger partial charge is 0.242 e. The molecule has 19 heavy (non-hydrogen) atoms. The number of morpholine rings is 1. The van der Waals surface area contributed by atoms with E-state index in [1.165, 1.54) is 0 Å². The summed E-state index contributed by atoms with van der Waals surface area (Å²) in [5.41, 5.74) is 0.